The number of nitrogens with two attached hydrogens (primary N) is 1. The molecule has 1 atom stereocenters. The fourth-order valence-electron chi connectivity index (χ4n) is 3.47. The van der Waals surface area contributed by atoms with Gasteiger partial charge in [-0.3, -0.25) is 14.6 Å². The molecule has 0 bridgehead atoms. The van der Waals surface area contributed by atoms with Crippen molar-refractivity contribution in [3.63, 3.8) is 0 Å². The number of hydrogen-bond acceptors (Lipinski definition) is 6. The van der Waals surface area contributed by atoms with E-state index in [0.717, 1.165) is 6.42 Å². The third kappa shape index (κ3) is 3.04. The van der Waals surface area contributed by atoms with Crippen molar-refractivity contribution >= 4 is 23.3 Å². The van der Waals surface area contributed by atoms with Crippen LogP contribution in [-0.4, -0.2) is 67.9 Å². The maximum Gasteiger partial charge on any atom is 0.254 e. The lowest BCUT2D eigenvalue weighted by Crippen LogP contribution is -2.45. The van der Waals surface area contributed by atoms with Gasteiger partial charge in [-0.05, 0) is 37.1 Å². The van der Waals surface area contributed by atoms with Crippen molar-refractivity contribution in [2.45, 2.75) is 18.9 Å². The molecule has 2 N–H and O–H groups in total. The molecule has 1 saturated heterocycles. The molecule has 3 aromatic heterocycles. The highest BCUT2D eigenvalue weighted by Gasteiger charge is 2.35. The molecule has 3 aromatic rings. The maximum absolute atomic E-state index is 13.1. The number of likely N-dealkylation sites (tertiary alicyclic amines) is 1. The summed E-state index contributed by atoms with van der Waals surface area (Å²) >= 11 is 0. The molecule has 1 aliphatic rings. The van der Waals surface area contributed by atoms with Crippen LogP contribution in [0.1, 0.15) is 23.2 Å². The van der Waals surface area contributed by atoms with E-state index in [1.807, 2.05) is 12.1 Å². The van der Waals surface area contributed by atoms with Gasteiger partial charge in [-0.2, -0.15) is 4.52 Å². The van der Waals surface area contributed by atoms with E-state index in [-0.39, 0.29) is 11.8 Å². The molecule has 144 valence electrons. The van der Waals surface area contributed by atoms with Gasteiger partial charge in [0, 0.05) is 32.4 Å². The van der Waals surface area contributed by atoms with Gasteiger partial charge in [0.25, 0.3) is 5.91 Å². The first-order valence-corrected chi connectivity index (χ1v) is 9.05. The van der Waals surface area contributed by atoms with Crippen molar-refractivity contribution in [3.05, 3.63) is 42.1 Å². The Bertz CT molecular complexity index is 1050. The summed E-state index contributed by atoms with van der Waals surface area (Å²) < 4.78 is 1.48. The molecule has 28 heavy (non-hydrogen) atoms. The maximum atomic E-state index is 13.1. The fourth-order valence-corrected chi connectivity index (χ4v) is 3.47. The van der Waals surface area contributed by atoms with Crippen LogP contribution in [0.15, 0.2) is 36.5 Å². The van der Waals surface area contributed by atoms with Crippen LogP contribution in [0.25, 0.3) is 17.2 Å². The van der Waals surface area contributed by atoms with Gasteiger partial charge in [-0.15, -0.1) is 5.10 Å². The number of nitrogen functional groups attached to an aromatic ring is 1. The Labute approximate surface area is 161 Å². The van der Waals surface area contributed by atoms with Crippen molar-refractivity contribution in [1.82, 2.24) is 29.4 Å². The highest BCUT2D eigenvalue weighted by atomic mass is 16.2. The van der Waals surface area contributed by atoms with Gasteiger partial charge in [-0.25, -0.2) is 4.98 Å². The number of likely N-dealkylation sites (N-methyl/N-ethyl adjacent to an activating group) is 1. The van der Waals surface area contributed by atoms with Crippen LogP contribution in [0, 0.1) is 0 Å². The quantitative estimate of drug-likeness (QED) is 0.729. The minimum Gasteiger partial charge on any atom is -0.384 e. The predicted molar refractivity (Wildman–Crippen MR) is 103 cm³/mol. The molecule has 4 heterocycles. The van der Waals surface area contributed by atoms with E-state index in [1.165, 1.54) is 9.42 Å². The Hall–Kier alpha value is -3.49. The number of amides is 2. The lowest BCUT2D eigenvalue weighted by atomic mass is 10.1. The monoisotopic (exact) mass is 379 g/mol. The molecule has 0 aromatic carbocycles. The van der Waals surface area contributed by atoms with Gasteiger partial charge in [0.2, 0.25) is 11.7 Å². The fraction of sp³-hybridized carbons (Fsp3) is 0.316. The normalized spacial score (nSPS) is 16.5. The second-order valence-corrected chi connectivity index (χ2v) is 6.98. The standard InChI is InChI=1S/C19H21N7O2/c1-24(2)19(28)14-7-5-9-25(14)18(27)12-10-15(20)26-16(11-12)22-17(23-26)13-6-3-4-8-21-13/h3-4,6,8,10-11,14H,5,7,9,20H2,1-2H3. The van der Waals surface area contributed by atoms with Crippen LogP contribution in [0.2, 0.25) is 0 Å². The van der Waals surface area contributed by atoms with Gasteiger partial charge >= 0.3 is 0 Å². The van der Waals surface area contributed by atoms with Crippen molar-refractivity contribution in [2.24, 2.45) is 0 Å². The number of pyridine rings is 2. The van der Waals surface area contributed by atoms with Crippen molar-refractivity contribution in [1.29, 1.82) is 0 Å². The molecule has 4 rings (SSSR count). The zero-order valence-electron chi connectivity index (χ0n) is 15.7. The molecule has 0 saturated carbocycles. The molecule has 9 heteroatoms. The first-order chi connectivity index (χ1) is 13.5. The number of rotatable bonds is 3. The molecular weight excluding hydrogens is 358 g/mol. The molecule has 0 aliphatic carbocycles. The van der Waals surface area contributed by atoms with Crippen LogP contribution in [-0.2, 0) is 4.79 Å². The highest BCUT2D eigenvalue weighted by Crippen LogP contribution is 2.24. The lowest BCUT2D eigenvalue weighted by molar-refractivity contribution is -0.132. The van der Waals surface area contributed by atoms with E-state index in [1.54, 1.807) is 43.4 Å². The molecule has 0 spiro atoms. The number of fused-ring (bicyclic) bond motifs is 1. The predicted octanol–water partition coefficient (Wildman–Crippen LogP) is 1.07. The number of aromatic nitrogens is 4. The zero-order valence-corrected chi connectivity index (χ0v) is 15.7. The number of carbonyl (C=O) groups is 2. The number of carbonyl (C=O) groups excluding carboxylic acids is 2. The van der Waals surface area contributed by atoms with Crippen LogP contribution in [0.3, 0.4) is 0 Å². The van der Waals surface area contributed by atoms with Crippen molar-refractivity contribution in [2.75, 3.05) is 26.4 Å². The molecule has 1 unspecified atom stereocenters. The Morgan fingerprint density at radius 1 is 1.25 bits per heavy atom. The minimum atomic E-state index is -0.443. The molecule has 1 fully saturated rings. The average molecular weight is 379 g/mol. The number of anilines is 1. The topological polar surface area (TPSA) is 110 Å². The Morgan fingerprint density at radius 2 is 2.07 bits per heavy atom. The van der Waals surface area contributed by atoms with Crippen molar-refractivity contribution in [3.8, 4) is 11.5 Å². The number of hydrogen-bond donors (Lipinski definition) is 1. The molecule has 2 amide bonds. The zero-order chi connectivity index (χ0) is 19.8. The van der Waals surface area contributed by atoms with E-state index in [9.17, 15) is 9.59 Å². The van der Waals surface area contributed by atoms with Gasteiger partial charge in [-0.1, -0.05) is 6.07 Å². The van der Waals surface area contributed by atoms with Crippen LogP contribution >= 0.6 is 0 Å². The Morgan fingerprint density at radius 3 is 2.79 bits per heavy atom. The smallest absolute Gasteiger partial charge is 0.254 e. The number of nitrogens with zero attached hydrogens (tertiary/aromatic N) is 6. The summed E-state index contributed by atoms with van der Waals surface area (Å²) in [4.78, 5) is 37.3. The summed E-state index contributed by atoms with van der Waals surface area (Å²) in [6, 6.07) is 8.24. The summed E-state index contributed by atoms with van der Waals surface area (Å²) in [6.07, 6.45) is 3.12. The summed E-state index contributed by atoms with van der Waals surface area (Å²) in [5.41, 5.74) is 7.59. The van der Waals surface area contributed by atoms with Gasteiger partial charge < -0.3 is 15.5 Å². The second-order valence-electron chi connectivity index (χ2n) is 6.98. The van der Waals surface area contributed by atoms with Gasteiger partial charge in [0.1, 0.15) is 17.6 Å². The van der Waals surface area contributed by atoms with E-state index in [4.69, 9.17) is 5.73 Å². The Balaban J connectivity index is 1.69. The summed E-state index contributed by atoms with van der Waals surface area (Å²) in [5, 5.41) is 4.38. The minimum absolute atomic E-state index is 0.0696. The van der Waals surface area contributed by atoms with Gasteiger partial charge in [0.15, 0.2) is 5.65 Å². The largest absolute Gasteiger partial charge is 0.384 e. The third-order valence-corrected chi connectivity index (χ3v) is 4.85. The average Bonchev–Trinajstić information content (AvgIpc) is 3.34. The first kappa shape index (κ1) is 17.9. The summed E-state index contributed by atoms with van der Waals surface area (Å²) in [5.74, 6) is 0.429. The second kappa shape index (κ2) is 6.91. The lowest BCUT2D eigenvalue weighted by Gasteiger charge is -2.26. The summed E-state index contributed by atoms with van der Waals surface area (Å²) in [7, 11) is 3.39. The van der Waals surface area contributed by atoms with Crippen molar-refractivity contribution < 1.29 is 9.59 Å². The summed E-state index contributed by atoms with van der Waals surface area (Å²) in [6.45, 7) is 0.542. The molecule has 0 radical (unpaired) electrons. The highest BCUT2D eigenvalue weighted by molar-refractivity contribution is 5.99. The SMILES string of the molecule is CN(C)C(=O)C1CCCN1C(=O)c1cc(N)n2nc(-c3ccccn3)nc2c1. The van der Waals surface area contributed by atoms with E-state index >= 15 is 0 Å². The van der Waals surface area contributed by atoms with Gasteiger partial charge in [0.05, 0.1) is 0 Å². The molecule has 9 nitrogen and oxygen atoms in total. The molecule has 1 aliphatic heterocycles. The first-order valence-electron chi connectivity index (χ1n) is 9.05. The van der Waals surface area contributed by atoms with E-state index in [0.29, 0.717) is 41.5 Å². The Kier molecular flexibility index (Phi) is 4.42. The van der Waals surface area contributed by atoms with Crippen LogP contribution < -0.4 is 5.73 Å². The molecular formula is C19H21N7O2. The van der Waals surface area contributed by atoms with E-state index < -0.39 is 6.04 Å². The van der Waals surface area contributed by atoms with E-state index in [2.05, 4.69) is 15.1 Å². The third-order valence-electron chi connectivity index (χ3n) is 4.85. The van der Waals surface area contributed by atoms with Crippen LogP contribution in [0.4, 0.5) is 5.82 Å². The van der Waals surface area contributed by atoms with Crippen LogP contribution in [0.5, 0.6) is 0 Å².